The van der Waals surface area contributed by atoms with Crippen molar-refractivity contribution in [2.75, 3.05) is 4.72 Å². The van der Waals surface area contributed by atoms with Crippen molar-refractivity contribution in [1.82, 2.24) is 5.48 Å². The average molecular weight is 342 g/mol. The Morgan fingerprint density at radius 1 is 1.08 bits per heavy atom. The first kappa shape index (κ1) is 17.3. The van der Waals surface area contributed by atoms with Crippen LogP contribution in [0.1, 0.15) is 5.56 Å². The minimum absolute atomic E-state index is 0.166. The molecule has 2 aromatic carbocycles. The first-order chi connectivity index (χ1) is 11.5. The zero-order valence-corrected chi connectivity index (χ0v) is 13.2. The summed E-state index contributed by atoms with van der Waals surface area (Å²) in [7, 11) is -3.66. The van der Waals surface area contributed by atoms with Crippen LogP contribution in [0.5, 0.6) is 0 Å². The molecule has 0 radical (unpaired) electrons. The van der Waals surface area contributed by atoms with E-state index in [1.165, 1.54) is 23.7 Å². The third-order valence-corrected chi connectivity index (χ3v) is 4.21. The predicted molar refractivity (Wildman–Crippen MR) is 89.6 cm³/mol. The van der Waals surface area contributed by atoms with Gasteiger partial charge < -0.3 is 0 Å². The Balaban J connectivity index is 2.15. The molecule has 0 heterocycles. The van der Waals surface area contributed by atoms with E-state index in [1.807, 2.05) is 0 Å². The second-order valence-electron chi connectivity index (χ2n) is 4.58. The summed E-state index contributed by atoms with van der Waals surface area (Å²) in [5, 5.41) is 8.33. The molecule has 0 spiro atoms. The van der Waals surface area contributed by atoms with Crippen LogP contribution in [0.15, 0.2) is 71.6 Å². The van der Waals surface area contributed by atoms with E-state index in [4.69, 9.17) is 5.21 Å². The maximum Gasteiger partial charge on any atom is 0.267 e. The van der Waals surface area contributed by atoms with Gasteiger partial charge in [-0.25, -0.2) is 13.9 Å². The van der Waals surface area contributed by atoms with Crippen molar-refractivity contribution in [3.8, 4) is 11.8 Å². The van der Waals surface area contributed by atoms with Crippen LogP contribution in [0.2, 0.25) is 0 Å². The minimum atomic E-state index is -3.66. The molecule has 6 nitrogen and oxygen atoms in total. The third kappa shape index (κ3) is 4.98. The van der Waals surface area contributed by atoms with Crippen molar-refractivity contribution in [2.24, 2.45) is 0 Å². The Morgan fingerprint density at radius 3 is 2.54 bits per heavy atom. The lowest BCUT2D eigenvalue weighted by Gasteiger charge is -2.08. The van der Waals surface area contributed by atoms with E-state index in [0.717, 1.165) is 6.08 Å². The quantitative estimate of drug-likeness (QED) is 0.342. The van der Waals surface area contributed by atoms with E-state index in [2.05, 4.69) is 16.6 Å². The van der Waals surface area contributed by atoms with Crippen molar-refractivity contribution in [1.29, 1.82) is 0 Å². The lowest BCUT2D eigenvalue weighted by Crippen LogP contribution is -2.14. The zero-order chi connectivity index (χ0) is 17.4. The molecule has 0 unspecified atom stereocenters. The molecule has 2 rings (SSSR count). The Morgan fingerprint density at radius 2 is 1.83 bits per heavy atom. The van der Waals surface area contributed by atoms with Crippen molar-refractivity contribution < 1.29 is 18.4 Å². The van der Waals surface area contributed by atoms with Gasteiger partial charge in [-0.3, -0.25) is 14.7 Å². The van der Waals surface area contributed by atoms with Gasteiger partial charge >= 0.3 is 0 Å². The molecule has 1 amide bonds. The summed E-state index contributed by atoms with van der Waals surface area (Å²) in [5.74, 6) is 4.68. The number of amides is 1. The maximum absolute atomic E-state index is 12.3. The molecule has 0 fully saturated rings. The fourth-order valence-corrected chi connectivity index (χ4v) is 2.82. The summed E-state index contributed by atoms with van der Waals surface area (Å²) < 4.78 is 27.0. The molecule has 0 bridgehead atoms. The second kappa shape index (κ2) is 7.97. The zero-order valence-electron chi connectivity index (χ0n) is 12.4. The average Bonchev–Trinajstić information content (AvgIpc) is 2.59. The highest BCUT2D eigenvalue weighted by Crippen LogP contribution is 2.16. The van der Waals surface area contributed by atoms with Gasteiger partial charge in [-0.2, -0.15) is 0 Å². The number of rotatable bonds is 4. The van der Waals surface area contributed by atoms with E-state index in [1.54, 1.807) is 42.5 Å². The van der Waals surface area contributed by atoms with Crippen LogP contribution in [0.4, 0.5) is 5.69 Å². The molecule has 0 aliphatic heterocycles. The number of allylic oxidation sites excluding steroid dienone is 1. The molecule has 122 valence electrons. The van der Waals surface area contributed by atoms with Gasteiger partial charge in [0.2, 0.25) is 0 Å². The maximum atomic E-state index is 12.3. The van der Waals surface area contributed by atoms with Gasteiger partial charge in [0.25, 0.3) is 15.9 Å². The highest BCUT2D eigenvalue weighted by Gasteiger charge is 2.13. The fourth-order valence-electron chi connectivity index (χ4n) is 1.75. The number of hydrogen-bond donors (Lipinski definition) is 3. The molecule has 0 saturated heterocycles. The van der Waals surface area contributed by atoms with Crippen LogP contribution in [-0.2, 0) is 14.8 Å². The molecular weight excluding hydrogens is 328 g/mol. The van der Waals surface area contributed by atoms with Gasteiger partial charge in [-0.15, -0.1) is 0 Å². The van der Waals surface area contributed by atoms with Crippen LogP contribution in [-0.4, -0.2) is 19.5 Å². The van der Waals surface area contributed by atoms with E-state index in [9.17, 15) is 13.2 Å². The molecule has 0 aliphatic carbocycles. The van der Waals surface area contributed by atoms with Crippen molar-refractivity contribution in [2.45, 2.75) is 4.90 Å². The van der Waals surface area contributed by atoms with Crippen LogP contribution in [0.3, 0.4) is 0 Å². The van der Waals surface area contributed by atoms with Crippen molar-refractivity contribution in [3.63, 3.8) is 0 Å². The summed E-state index contributed by atoms with van der Waals surface area (Å²) in [6, 6.07) is 14.6. The highest BCUT2D eigenvalue weighted by atomic mass is 32.2. The van der Waals surface area contributed by atoms with Crippen molar-refractivity contribution in [3.05, 3.63) is 72.3 Å². The van der Waals surface area contributed by atoms with Crippen LogP contribution in [0.25, 0.3) is 0 Å². The molecule has 2 aromatic rings. The standard InChI is InChI=1S/C17H14N2O4S/c20-17(18-21)12-5-4-7-14-8-6-9-15(13-14)19-24(22,23)16-10-2-1-3-11-16/h1-3,5-6,8-13,19,21H,(H,18,20). The molecule has 24 heavy (non-hydrogen) atoms. The van der Waals surface area contributed by atoms with Crippen LogP contribution < -0.4 is 10.2 Å². The number of sulfonamides is 1. The number of carbonyl (C=O) groups is 1. The highest BCUT2D eigenvalue weighted by molar-refractivity contribution is 7.92. The molecule has 0 aliphatic rings. The summed E-state index contributed by atoms with van der Waals surface area (Å²) in [6.07, 6.45) is 2.33. The number of anilines is 1. The number of carbonyl (C=O) groups excluding carboxylic acids is 1. The Hall–Kier alpha value is -3.08. The normalized spacial score (nSPS) is 10.7. The van der Waals surface area contributed by atoms with Gasteiger partial charge in [-0.05, 0) is 36.4 Å². The SMILES string of the molecule is O=C(C=CC#Cc1cccc(NS(=O)(=O)c2ccccc2)c1)NO. The van der Waals surface area contributed by atoms with Crippen molar-refractivity contribution >= 4 is 21.6 Å². The Kier molecular flexibility index (Phi) is 5.73. The van der Waals surface area contributed by atoms with E-state index >= 15 is 0 Å². The Bertz CT molecular complexity index is 910. The number of hydroxylamine groups is 1. The van der Waals surface area contributed by atoms with Gasteiger partial charge in [0, 0.05) is 11.6 Å². The number of nitrogens with one attached hydrogen (secondary N) is 2. The summed E-state index contributed by atoms with van der Waals surface area (Å²) in [4.78, 5) is 10.9. The molecule has 0 atom stereocenters. The lowest BCUT2D eigenvalue weighted by molar-refractivity contribution is -0.124. The predicted octanol–water partition coefficient (Wildman–Crippen LogP) is 1.90. The summed E-state index contributed by atoms with van der Waals surface area (Å²) in [6.45, 7) is 0. The largest absolute Gasteiger partial charge is 0.288 e. The summed E-state index contributed by atoms with van der Waals surface area (Å²) >= 11 is 0. The van der Waals surface area contributed by atoms with Gasteiger partial charge in [0.1, 0.15) is 0 Å². The molecule has 7 heteroatoms. The summed E-state index contributed by atoms with van der Waals surface area (Å²) in [5.41, 5.74) is 2.39. The minimum Gasteiger partial charge on any atom is -0.288 e. The number of hydrogen-bond acceptors (Lipinski definition) is 4. The Labute approximate surface area is 139 Å². The monoisotopic (exact) mass is 342 g/mol. The molecule has 3 N–H and O–H groups in total. The molecule has 0 saturated carbocycles. The lowest BCUT2D eigenvalue weighted by atomic mass is 10.2. The van der Waals surface area contributed by atoms with Crippen LogP contribution >= 0.6 is 0 Å². The van der Waals surface area contributed by atoms with E-state index in [-0.39, 0.29) is 4.90 Å². The molecule has 0 aromatic heterocycles. The first-order valence-corrected chi connectivity index (χ1v) is 8.30. The topological polar surface area (TPSA) is 95.5 Å². The second-order valence-corrected chi connectivity index (χ2v) is 6.26. The van der Waals surface area contributed by atoms with Gasteiger partial charge in [-0.1, -0.05) is 36.1 Å². The fraction of sp³-hybridized carbons (Fsp3) is 0. The smallest absolute Gasteiger partial charge is 0.267 e. The van der Waals surface area contributed by atoms with Gasteiger partial charge in [0.15, 0.2) is 0 Å². The third-order valence-electron chi connectivity index (χ3n) is 2.81. The number of benzene rings is 2. The van der Waals surface area contributed by atoms with Crippen LogP contribution in [0, 0.1) is 11.8 Å². The first-order valence-electron chi connectivity index (χ1n) is 6.81. The van der Waals surface area contributed by atoms with E-state index in [0.29, 0.717) is 11.3 Å². The van der Waals surface area contributed by atoms with E-state index < -0.39 is 15.9 Å². The van der Waals surface area contributed by atoms with Gasteiger partial charge in [0.05, 0.1) is 10.6 Å². The molecular formula is C17H14N2O4S.